The number of rotatable bonds is 3. The molecule has 2 rings (SSSR count). The normalized spacial score (nSPS) is 10.2. The number of nitrogens with one attached hydrogen (secondary N) is 2. The van der Waals surface area contributed by atoms with Gasteiger partial charge in [0, 0.05) is 5.56 Å². The van der Waals surface area contributed by atoms with Crippen molar-refractivity contribution in [1.29, 1.82) is 0 Å². The third-order valence-electron chi connectivity index (χ3n) is 2.37. The van der Waals surface area contributed by atoms with E-state index in [-0.39, 0.29) is 11.3 Å². The molecule has 1 aromatic heterocycles. The first kappa shape index (κ1) is 11.0. The topological polar surface area (TPSA) is 95.2 Å². The number of carboxylic acids is 1. The number of ether oxygens (including phenoxy) is 1. The van der Waals surface area contributed by atoms with Gasteiger partial charge >= 0.3 is 5.97 Å². The molecule has 3 N–H and O–H groups in total. The molecule has 0 fully saturated rings. The molecular weight excluding hydrogens is 224 g/mol. The smallest absolute Gasteiger partial charge is 0.343 e. The quantitative estimate of drug-likeness (QED) is 0.740. The highest BCUT2D eigenvalue weighted by molar-refractivity contribution is 5.95. The number of aromatic nitrogens is 2. The minimum absolute atomic E-state index is 0.208. The second kappa shape index (κ2) is 4.17. The lowest BCUT2D eigenvalue weighted by molar-refractivity contribution is 0.0696. The van der Waals surface area contributed by atoms with Crippen LogP contribution in [0.4, 0.5) is 0 Å². The number of hydrogen-bond acceptors (Lipinski definition) is 3. The summed E-state index contributed by atoms with van der Waals surface area (Å²) in [5.74, 6) is -0.793. The van der Waals surface area contributed by atoms with Gasteiger partial charge in [0.25, 0.3) is 5.56 Å². The first-order valence-electron chi connectivity index (χ1n) is 4.82. The van der Waals surface area contributed by atoms with Gasteiger partial charge in [0.1, 0.15) is 5.75 Å². The summed E-state index contributed by atoms with van der Waals surface area (Å²) in [7, 11) is 1.48. The number of para-hydroxylation sites is 1. The van der Waals surface area contributed by atoms with Crippen LogP contribution in [0.1, 0.15) is 10.4 Å². The first-order chi connectivity index (χ1) is 8.15. The first-order valence-corrected chi connectivity index (χ1v) is 4.82. The monoisotopic (exact) mass is 234 g/mol. The molecule has 1 heterocycles. The average Bonchev–Trinajstić information content (AvgIpc) is 2.71. The van der Waals surface area contributed by atoms with Crippen molar-refractivity contribution in [1.82, 2.24) is 10.2 Å². The van der Waals surface area contributed by atoms with Crippen LogP contribution in [0.5, 0.6) is 5.75 Å². The van der Waals surface area contributed by atoms with Crippen LogP contribution in [0.15, 0.2) is 29.1 Å². The highest BCUT2D eigenvalue weighted by Gasteiger charge is 2.20. The van der Waals surface area contributed by atoms with Gasteiger partial charge in [0.05, 0.1) is 12.8 Å². The van der Waals surface area contributed by atoms with Crippen LogP contribution in [0.3, 0.4) is 0 Å². The largest absolute Gasteiger partial charge is 0.496 e. The zero-order valence-electron chi connectivity index (χ0n) is 8.98. The summed E-state index contributed by atoms with van der Waals surface area (Å²) >= 11 is 0. The van der Waals surface area contributed by atoms with Crippen molar-refractivity contribution in [3.8, 4) is 17.0 Å². The summed E-state index contributed by atoms with van der Waals surface area (Å²) in [5, 5.41) is 13.8. The van der Waals surface area contributed by atoms with Crippen molar-refractivity contribution in [3.63, 3.8) is 0 Å². The zero-order chi connectivity index (χ0) is 12.4. The number of aromatic carboxylic acids is 1. The molecule has 1 aromatic carbocycles. The van der Waals surface area contributed by atoms with Crippen molar-refractivity contribution >= 4 is 5.97 Å². The summed E-state index contributed by atoms with van der Waals surface area (Å²) in [5.41, 5.74) is -0.265. The van der Waals surface area contributed by atoms with E-state index >= 15 is 0 Å². The molecule has 17 heavy (non-hydrogen) atoms. The number of aromatic amines is 2. The maximum absolute atomic E-state index is 11.3. The van der Waals surface area contributed by atoms with E-state index in [1.54, 1.807) is 24.3 Å². The Kier molecular flexibility index (Phi) is 2.70. The fourth-order valence-electron chi connectivity index (χ4n) is 1.62. The van der Waals surface area contributed by atoms with Crippen LogP contribution < -0.4 is 10.3 Å². The van der Waals surface area contributed by atoms with Crippen molar-refractivity contribution < 1.29 is 14.6 Å². The van der Waals surface area contributed by atoms with Crippen LogP contribution in [-0.2, 0) is 0 Å². The molecule has 0 saturated carbocycles. The predicted octanol–water partition coefficient (Wildman–Crippen LogP) is 1.08. The van der Waals surface area contributed by atoms with Crippen LogP contribution in [0.25, 0.3) is 11.3 Å². The Morgan fingerprint density at radius 1 is 1.29 bits per heavy atom. The molecule has 0 atom stereocenters. The molecule has 0 saturated heterocycles. The Morgan fingerprint density at radius 3 is 2.65 bits per heavy atom. The van der Waals surface area contributed by atoms with E-state index in [1.165, 1.54) is 7.11 Å². The molecule has 0 spiro atoms. The van der Waals surface area contributed by atoms with E-state index < -0.39 is 11.5 Å². The lowest BCUT2D eigenvalue weighted by Crippen LogP contribution is -2.12. The SMILES string of the molecule is COc1ccccc1-c1[nH][nH]c(=O)c1C(=O)O. The van der Waals surface area contributed by atoms with Crippen molar-refractivity contribution in [3.05, 3.63) is 40.2 Å². The van der Waals surface area contributed by atoms with E-state index in [0.717, 1.165) is 0 Å². The highest BCUT2D eigenvalue weighted by atomic mass is 16.5. The Hall–Kier alpha value is -2.50. The van der Waals surface area contributed by atoms with Crippen LogP contribution >= 0.6 is 0 Å². The minimum Gasteiger partial charge on any atom is -0.496 e. The third-order valence-corrected chi connectivity index (χ3v) is 2.37. The highest BCUT2D eigenvalue weighted by Crippen LogP contribution is 2.29. The molecule has 6 heteroatoms. The summed E-state index contributed by atoms with van der Waals surface area (Å²) in [6.45, 7) is 0. The molecule has 0 radical (unpaired) electrons. The number of carboxylic acid groups (broad SMARTS) is 1. The van der Waals surface area contributed by atoms with Gasteiger partial charge in [-0.15, -0.1) is 0 Å². The summed E-state index contributed by atoms with van der Waals surface area (Å²) < 4.78 is 5.11. The molecule has 0 bridgehead atoms. The Morgan fingerprint density at radius 2 is 2.00 bits per heavy atom. The fourth-order valence-corrected chi connectivity index (χ4v) is 1.62. The van der Waals surface area contributed by atoms with Crippen molar-refractivity contribution in [2.75, 3.05) is 7.11 Å². The van der Waals surface area contributed by atoms with Crippen molar-refractivity contribution in [2.24, 2.45) is 0 Å². The zero-order valence-corrected chi connectivity index (χ0v) is 8.98. The Balaban J connectivity index is 2.69. The fraction of sp³-hybridized carbons (Fsp3) is 0.0909. The number of carbonyl (C=O) groups is 1. The molecule has 0 amide bonds. The van der Waals surface area contributed by atoms with Crippen molar-refractivity contribution in [2.45, 2.75) is 0 Å². The van der Waals surface area contributed by atoms with Gasteiger partial charge in [0.15, 0.2) is 5.56 Å². The van der Waals surface area contributed by atoms with Crippen LogP contribution in [0, 0.1) is 0 Å². The van der Waals surface area contributed by atoms with Gasteiger partial charge in [-0.1, -0.05) is 12.1 Å². The number of benzene rings is 1. The lowest BCUT2D eigenvalue weighted by atomic mass is 10.1. The molecule has 2 aromatic rings. The van der Waals surface area contributed by atoms with Gasteiger partial charge in [-0.25, -0.2) is 4.79 Å². The molecular formula is C11H10N2O4. The van der Waals surface area contributed by atoms with Gasteiger partial charge in [-0.2, -0.15) is 0 Å². The second-order valence-corrected chi connectivity index (χ2v) is 3.33. The third kappa shape index (κ3) is 1.80. The average molecular weight is 234 g/mol. The minimum atomic E-state index is -1.28. The van der Waals surface area contributed by atoms with Gasteiger partial charge < -0.3 is 9.84 Å². The number of H-pyrrole nitrogens is 2. The second-order valence-electron chi connectivity index (χ2n) is 3.33. The van der Waals surface area contributed by atoms with Crippen LogP contribution in [-0.4, -0.2) is 28.4 Å². The molecule has 88 valence electrons. The molecule has 0 aliphatic rings. The van der Waals surface area contributed by atoms with E-state index in [0.29, 0.717) is 11.3 Å². The Bertz CT molecular complexity index is 612. The predicted molar refractivity (Wildman–Crippen MR) is 60.4 cm³/mol. The summed E-state index contributed by atoms with van der Waals surface area (Å²) in [4.78, 5) is 22.3. The van der Waals surface area contributed by atoms with Gasteiger partial charge in [0.2, 0.25) is 0 Å². The standard InChI is InChI=1S/C11H10N2O4/c1-17-7-5-3-2-4-6(7)9-8(11(15)16)10(14)13-12-9/h2-5H,1H3,(H,15,16)(H2,12,13,14). The molecule has 0 unspecified atom stereocenters. The number of methoxy groups -OCH3 is 1. The molecule has 6 nitrogen and oxygen atoms in total. The Labute approximate surface area is 95.8 Å². The van der Waals surface area contributed by atoms with E-state index in [2.05, 4.69) is 10.2 Å². The van der Waals surface area contributed by atoms with Crippen LogP contribution in [0.2, 0.25) is 0 Å². The lowest BCUT2D eigenvalue weighted by Gasteiger charge is -2.06. The summed E-state index contributed by atoms with van der Waals surface area (Å²) in [6, 6.07) is 6.85. The summed E-state index contributed by atoms with van der Waals surface area (Å²) in [6.07, 6.45) is 0. The maximum atomic E-state index is 11.3. The number of hydrogen-bond donors (Lipinski definition) is 3. The van der Waals surface area contributed by atoms with Gasteiger partial charge in [-0.3, -0.25) is 15.0 Å². The maximum Gasteiger partial charge on any atom is 0.343 e. The van der Waals surface area contributed by atoms with E-state index in [4.69, 9.17) is 9.84 Å². The van der Waals surface area contributed by atoms with E-state index in [9.17, 15) is 9.59 Å². The van der Waals surface area contributed by atoms with E-state index in [1.807, 2.05) is 0 Å². The molecule has 0 aliphatic heterocycles. The molecule has 0 aliphatic carbocycles. The van der Waals surface area contributed by atoms with Gasteiger partial charge in [-0.05, 0) is 12.1 Å².